The highest BCUT2D eigenvalue weighted by Crippen LogP contribution is 2.32. The predicted octanol–water partition coefficient (Wildman–Crippen LogP) is 7.04. The molecule has 5 rings (SSSR count). The summed E-state index contributed by atoms with van der Waals surface area (Å²) in [5.74, 6) is -1.46. The van der Waals surface area contributed by atoms with Gasteiger partial charge < -0.3 is 14.8 Å². The van der Waals surface area contributed by atoms with E-state index in [0.717, 1.165) is 36.0 Å². The summed E-state index contributed by atoms with van der Waals surface area (Å²) < 4.78 is 2.20. The molecular weight excluding hydrogens is 484 g/mol. The molecule has 2 aromatic heterocycles. The smallest absolute Gasteiger partial charge is 0.326 e. The van der Waals surface area contributed by atoms with Crippen LogP contribution < -0.4 is 5.32 Å². The summed E-state index contributed by atoms with van der Waals surface area (Å²) in [6.07, 6.45) is 7.89. The van der Waals surface area contributed by atoms with E-state index in [1.54, 1.807) is 12.1 Å². The Morgan fingerprint density at radius 2 is 1.46 bits per heavy atom. The molecule has 2 N–H and O–H groups in total. The molecule has 5 aromatic rings. The van der Waals surface area contributed by atoms with E-state index in [0.29, 0.717) is 5.56 Å². The van der Waals surface area contributed by atoms with Crippen molar-refractivity contribution in [3.8, 4) is 22.3 Å². The molecule has 0 aliphatic heterocycles. The summed E-state index contributed by atoms with van der Waals surface area (Å²) in [5, 5.41) is 12.3. The van der Waals surface area contributed by atoms with Crippen LogP contribution in [0.25, 0.3) is 27.8 Å². The molecule has 3 aromatic carbocycles. The number of pyridine rings is 1. The Bertz CT molecular complexity index is 1570. The predicted molar refractivity (Wildman–Crippen MR) is 156 cm³/mol. The standard InChI is InChI=1S/C34H32N2O3/c1-2-3-11-29-30(23-36-21-8-7-12-32(29)36)27-17-13-25(14-18-27)26-15-19-28(20-16-26)33(37)35-31(34(38)39)22-24-9-5-4-6-10-24/h4-10,12-21,23,31H,2-3,11,22H2,1H3,(H,35,37)(H,38,39)/t31-/m0/s1. The van der Waals surface area contributed by atoms with Gasteiger partial charge in [-0.15, -0.1) is 0 Å². The van der Waals surface area contributed by atoms with Gasteiger partial charge in [-0.05, 0) is 64.9 Å². The molecule has 5 nitrogen and oxygen atoms in total. The normalized spacial score (nSPS) is 11.8. The molecule has 196 valence electrons. The minimum Gasteiger partial charge on any atom is -0.480 e. The molecule has 0 spiro atoms. The third-order valence-electron chi connectivity index (χ3n) is 7.14. The van der Waals surface area contributed by atoms with Crippen molar-refractivity contribution in [3.05, 3.63) is 126 Å². The highest BCUT2D eigenvalue weighted by Gasteiger charge is 2.21. The van der Waals surface area contributed by atoms with E-state index in [1.807, 2.05) is 42.5 Å². The second-order valence-electron chi connectivity index (χ2n) is 9.83. The van der Waals surface area contributed by atoms with Gasteiger partial charge in [-0.2, -0.15) is 0 Å². The average molecular weight is 517 g/mol. The molecule has 0 radical (unpaired) electrons. The summed E-state index contributed by atoms with van der Waals surface area (Å²) in [6, 6.07) is 30.4. The Morgan fingerprint density at radius 3 is 2.13 bits per heavy atom. The van der Waals surface area contributed by atoms with Gasteiger partial charge >= 0.3 is 5.97 Å². The number of carbonyl (C=O) groups is 2. The quantitative estimate of drug-likeness (QED) is 0.209. The van der Waals surface area contributed by atoms with Crippen LogP contribution in [0.3, 0.4) is 0 Å². The molecule has 0 aliphatic carbocycles. The third-order valence-corrected chi connectivity index (χ3v) is 7.14. The lowest BCUT2D eigenvalue weighted by molar-refractivity contribution is -0.139. The van der Waals surface area contributed by atoms with Crippen LogP contribution in [0.5, 0.6) is 0 Å². The van der Waals surface area contributed by atoms with E-state index in [1.165, 1.54) is 22.2 Å². The van der Waals surface area contributed by atoms with Crippen LogP contribution in [0.4, 0.5) is 0 Å². The van der Waals surface area contributed by atoms with E-state index in [4.69, 9.17) is 0 Å². The molecule has 39 heavy (non-hydrogen) atoms. The number of amides is 1. The number of aryl methyl sites for hydroxylation is 1. The Balaban J connectivity index is 1.31. The first-order valence-electron chi connectivity index (χ1n) is 13.4. The fraction of sp³-hybridized carbons (Fsp3) is 0.176. The van der Waals surface area contributed by atoms with Gasteiger partial charge in [0.05, 0.1) is 0 Å². The maximum absolute atomic E-state index is 12.8. The number of benzene rings is 3. The summed E-state index contributed by atoms with van der Waals surface area (Å²) in [6.45, 7) is 2.22. The SMILES string of the molecule is CCCCc1c(-c2ccc(-c3ccc(C(=O)N[C@@H](Cc4ccccc4)C(=O)O)cc3)cc2)cn2ccccc12. The third kappa shape index (κ3) is 5.93. The van der Waals surface area contributed by atoms with Gasteiger partial charge in [-0.25, -0.2) is 4.79 Å². The average Bonchev–Trinajstić information content (AvgIpc) is 3.35. The van der Waals surface area contributed by atoms with Crippen LogP contribution in [-0.4, -0.2) is 27.4 Å². The molecule has 5 heteroatoms. The number of carboxylic acid groups (broad SMARTS) is 1. The van der Waals surface area contributed by atoms with Crippen molar-refractivity contribution in [2.45, 2.75) is 38.6 Å². The maximum Gasteiger partial charge on any atom is 0.326 e. The summed E-state index contributed by atoms with van der Waals surface area (Å²) in [7, 11) is 0. The summed E-state index contributed by atoms with van der Waals surface area (Å²) in [5.41, 5.74) is 8.41. The number of carbonyl (C=O) groups excluding carboxylic acids is 1. The topological polar surface area (TPSA) is 70.8 Å². The zero-order valence-electron chi connectivity index (χ0n) is 22.0. The second-order valence-corrected chi connectivity index (χ2v) is 9.83. The van der Waals surface area contributed by atoms with Crippen LogP contribution >= 0.6 is 0 Å². The zero-order chi connectivity index (χ0) is 27.2. The van der Waals surface area contributed by atoms with Crippen molar-refractivity contribution in [2.24, 2.45) is 0 Å². The molecule has 0 aliphatic rings. The highest BCUT2D eigenvalue weighted by molar-refractivity contribution is 5.97. The van der Waals surface area contributed by atoms with Gasteiger partial charge in [0.2, 0.25) is 0 Å². The Hall–Kier alpha value is -4.64. The zero-order valence-corrected chi connectivity index (χ0v) is 22.0. The van der Waals surface area contributed by atoms with Gasteiger partial charge in [-0.3, -0.25) is 4.79 Å². The number of nitrogens with one attached hydrogen (secondary N) is 1. The summed E-state index contributed by atoms with van der Waals surface area (Å²) >= 11 is 0. The van der Waals surface area contributed by atoms with Crippen LogP contribution in [0.1, 0.15) is 41.3 Å². The molecule has 0 saturated heterocycles. The molecular formula is C34H32N2O3. The molecule has 0 bridgehead atoms. The van der Waals surface area contributed by atoms with Crippen molar-refractivity contribution in [1.29, 1.82) is 0 Å². The van der Waals surface area contributed by atoms with Gasteiger partial charge in [-0.1, -0.05) is 86.1 Å². The second kappa shape index (κ2) is 11.8. The minimum absolute atomic E-state index is 0.226. The van der Waals surface area contributed by atoms with E-state index in [2.05, 4.69) is 71.5 Å². The Labute approximate surface area is 228 Å². The van der Waals surface area contributed by atoms with E-state index in [-0.39, 0.29) is 6.42 Å². The molecule has 0 fully saturated rings. The van der Waals surface area contributed by atoms with Crippen molar-refractivity contribution in [3.63, 3.8) is 0 Å². The van der Waals surface area contributed by atoms with Crippen molar-refractivity contribution in [2.75, 3.05) is 0 Å². The number of aliphatic carboxylic acids is 1. The lowest BCUT2D eigenvalue weighted by Gasteiger charge is -2.15. The first-order chi connectivity index (χ1) is 19.0. The number of hydrogen-bond donors (Lipinski definition) is 2. The van der Waals surface area contributed by atoms with E-state index >= 15 is 0 Å². The molecule has 1 atom stereocenters. The molecule has 2 heterocycles. The number of rotatable bonds is 10. The van der Waals surface area contributed by atoms with Crippen LogP contribution in [0.2, 0.25) is 0 Å². The number of fused-ring (bicyclic) bond motifs is 1. The Kier molecular flexibility index (Phi) is 7.88. The first kappa shape index (κ1) is 26.0. The van der Waals surface area contributed by atoms with Gasteiger partial charge in [0.15, 0.2) is 0 Å². The van der Waals surface area contributed by atoms with Gasteiger partial charge in [0.25, 0.3) is 5.91 Å². The fourth-order valence-electron chi connectivity index (χ4n) is 4.99. The van der Waals surface area contributed by atoms with Crippen molar-refractivity contribution >= 4 is 17.4 Å². The van der Waals surface area contributed by atoms with Crippen LogP contribution in [0, 0.1) is 0 Å². The molecule has 0 unspecified atom stereocenters. The fourth-order valence-corrected chi connectivity index (χ4v) is 4.99. The van der Waals surface area contributed by atoms with E-state index < -0.39 is 17.9 Å². The highest BCUT2D eigenvalue weighted by atomic mass is 16.4. The van der Waals surface area contributed by atoms with Crippen molar-refractivity contribution in [1.82, 2.24) is 9.72 Å². The van der Waals surface area contributed by atoms with Gasteiger partial charge in [0, 0.05) is 35.5 Å². The van der Waals surface area contributed by atoms with Crippen molar-refractivity contribution < 1.29 is 14.7 Å². The lowest BCUT2D eigenvalue weighted by atomic mass is 9.96. The maximum atomic E-state index is 12.8. The van der Waals surface area contributed by atoms with E-state index in [9.17, 15) is 14.7 Å². The minimum atomic E-state index is -1.06. The number of aromatic nitrogens is 1. The largest absolute Gasteiger partial charge is 0.480 e. The monoisotopic (exact) mass is 516 g/mol. The number of carboxylic acids is 1. The number of hydrogen-bond acceptors (Lipinski definition) is 2. The number of nitrogens with zero attached hydrogens (tertiary/aromatic N) is 1. The van der Waals surface area contributed by atoms with Crippen LogP contribution in [-0.2, 0) is 17.6 Å². The Morgan fingerprint density at radius 1 is 0.821 bits per heavy atom. The number of unbranched alkanes of at least 4 members (excludes halogenated alkanes) is 1. The molecule has 0 saturated carbocycles. The van der Waals surface area contributed by atoms with Crippen LogP contribution in [0.15, 0.2) is 109 Å². The summed E-state index contributed by atoms with van der Waals surface area (Å²) in [4.78, 5) is 24.6. The first-order valence-corrected chi connectivity index (χ1v) is 13.4. The lowest BCUT2D eigenvalue weighted by Crippen LogP contribution is -2.42. The van der Waals surface area contributed by atoms with Gasteiger partial charge in [0.1, 0.15) is 6.04 Å². The molecule has 1 amide bonds.